The number of nitrogens with two attached hydrogens (primary N) is 1. The van der Waals surface area contributed by atoms with Crippen LogP contribution in [-0.4, -0.2) is 62.6 Å². The molecule has 0 aliphatic carbocycles. The normalized spacial score (nSPS) is 14.7. The summed E-state index contributed by atoms with van der Waals surface area (Å²) in [6, 6.07) is 6.04. The van der Waals surface area contributed by atoms with Crippen molar-refractivity contribution in [2.75, 3.05) is 37.3 Å². The molecule has 3 aromatic heterocycles. The molecule has 1 amide bonds. The first-order valence-corrected chi connectivity index (χ1v) is 9.92. The zero-order chi connectivity index (χ0) is 20.0. The van der Waals surface area contributed by atoms with Crippen molar-refractivity contribution in [3.63, 3.8) is 0 Å². The van der Waals surface area contributed by atoms with Crippen LogP contribution in [-0.2, 0) is 4.79 Å². The quantitative estimate of drug-likeness (QED) is 0.534. The number of nitrogens with one attached hydrogen (secondary N) is 1. The lowest BCUT2D eigenvalue weighted by Crippen LogP contribution is -2.48. The third-order valence-electron chi connectivity index (χ3n) is 5.05. The van der Waals surface area contributed by atoms with E-state index in [1.807, 2.05) is 30.3 Å². The van der Waals surface area contributed by atoms with Gasteiger partial charge in [-0.25, -0.2) is 4.98 Å². The van der Waals surface area contributed by atoms with E-state index in [9.17, 15) is 4.79 Å². The van der Waals surface area contributed by atoms with Crippen LogP contribution in [0.3, 0.4) is 0 Å². The maximum atomic E-state index is 12.1. The number of fused-ring (bicyclic) bond motifs is 1. The second-order valence-electron chi connectivity index (χ2n) is 6.91. The van der Waals surface area contributed by atoms with Gasteiger partial charge in [0, 0.05) is 48.4 Å². The van der Waals surface area contributed by atoms with E-state index in [2.05, 4.69) is 26.2 Å². The fraction of sp³-hybridized carbons (Fsp3) is 0.211. The first kappa shape index (κ1) is 17.6. The second-order valence-corrected chi connectivity index (χ2v) is 7.92. The predicted molar refractivity (Wildman–Crippen MR) is 112 cm³/mol. The van der Waals surface area contributed by atoms with Gasteiger partial charge in [0.05, 0.1) is 24.6 Å². The number of piperazine rings is 1. The Hall–Kier alpha value is -3.53. The fourth-order valence-electron chi connectivity index (χ4n) is 3.41. The number of aromatic nitrogens is 5. The van der Waals surface area contributed by atoms with Crippen LogP contribution in [0.5, 0.6) is 0 Å². The zero-order valence-corrected chi connectivity index (χ0v) is 16.5. The Balaban J connectivity index is 1.53. The number of H-pyrrole nitrogens is 1. The van der Waals surface area contributed by atoms with Crippen LogP contribution < -0.4 is 10.6 Å². The molecule has 0 unspecified atom stereocenters. The van der Waals surface area contributed by atoms with Gasteiger partial charge in [0.2, 0.25) is 11.0 Å². The van der Waals surface area contributed by atoms with E-state index in [1.54, 1.807) is 17.3 Å². The minimum Gasteiger partial charge on any atom is -0.374 e. The number of benzene rings is 1. The van der Waals surface area contributed by atoms with Crippen LogP contribution in [0.25, 0.3) is 32.7 Å². The Kier molecular flexibility index (Phi) is 4.13. The third-order valence-corrected chi connectivity index (χ3v) is 5.85. The maximum absolute atomic E-state index is 12.1. The number of likely N-dealkylation sites (N-methyl/N-ethyl adjacent to an activating group) is 1. The number of aromatic amines is 1. The van der Waals surface area contributed by atoms with Crippen molar-refractivity contribution in [2.45, 2.75) is 0 Å². The number of carbonyl (C=O) groups is 1. The molecule has 0 radical (unpaired) electrons. The average molecular weight is 406 g/mol. The van der Waals surface area contributed by atoms with Gasteiger partial charge >= 0.3 is 0 Å². The van der Waals surface area contributed by atoms with Gasteiger partial charge in [-0.3, -0.25) is 9.78 Å². The van der Waals surface area contributed by atoms with Gasteiger partial charge in [-0.15, -0.1) is 10.2 Å². The summed E-state index contributed by atoms with van der Waals surface area (Å²) in [7, 11) is 1.82. The average Bonchev–Trinajstić information content (AvgIpc) is 3.36. The third kappa shape index (κ3) is 3.17. The Morgan fingerprint density at radius 3 is 2.90 bits per heavy atom. The molecule has 1 saturated heterocycles. The van der Waals surface area contributed by atoms with Crippen molar-refractivity contribution in [1.82, 2.24) is 30.0 Å². The number of nitrogen functional groups attached to an aromatic ring is 1. The van der Waals surface area contributed by atoms with Crippen LogP contribution in [0, 0.1) is 0 Å². The van der Waals surface area contributed by atoms with Crippen molar-refractivity contribution in [1.29, 1.82) is 0 Å². The monoisotopic (exact) mass is 406 g/mol. The van der Waals surface area contributed by atoms with Gasteiger partial charge in [-0.1, -0.05) is 11.3 Å². The number of anilines is 2. The number of carbonyl (C=O) groups excluding carboxylic acids is 1. The van der Waals surface area contributed by atoms with Crippen molar-refractivity contribution < 1.29 is 4.79 Å². The van der Waals surface area contributed by atoms with Crippen LogP contribution in [0.2, 0.25) is 0 Å². The summed E-state index contributed by atoms with van der Waals surface area (Å²) in [6.45, 7) is 1.72. The van der Waals surface area contributed by atoms with Crippen LogP contribution in [0.15, 0.2) is 36.8 Å². The minimum atomic E-state index is 0.0801. The van der Waals surface area contributed by atoms with E-state index in [0.717, 1.165) is 39.3 Å². The van der Waals surface area contributed by atoms with E-state index in [1.165, 1.54) is 11.3 Å². The largest absolute Gasteiger partial charge is 0.374 e. The number of hydrogen-bond acceptors (Lipinski definition) is 8. The van der Waals surface area contributed by atoms with E-state index >= 15 is 0 Å². The van der Waals surface area contributed by atoms with E-state index in [4.69, 9.17) is 10.7 Å². The first-order valence-electron chi connectivity index (χ1n) is 9.10. The molecule has 29 heavy (non-hydrogen) atoms. The predicted octanol–water partition coefficient (Wildman–Crippen LogP) is 2.00. The van der Waals surface area contributed by atoms with Crippen LogP contribution in [0.4, 0.5) is 10.9 Å². The molecule has 1 fully saturated rings. The molecule has 9 nitrogen and oxygen atoms in total. The highest BCUT2D eigenvalue weighted by molar-refractivity contribution is 7.18. The molecule has 0 atom stereocenters. The minimum absolute atomic E-state index is 0.0801. The highest BCUT2D eigenvalue weighted by atomic mass is 32.1. The van der Waals surface area contributed by atoms with Crippen molar-refractivity contribution >= 4 is 39.1 Å². The number of nitrogens with zero attached hydrogens (tertiary/aromatic N) is 6. The van der Waals surface area contributed by atoms with Gasteiger partial charge < -0.3 is 20.5 Å². The highest BCUT2D eigenvalue weighted by Gasteiger charge is 2.22. The molecule has 10 heteroatoms. The second kappa shape index (κ2) is 6.82. The molecule has 4 heterocycles. The summed E-state index contributed by atoms with van der Waals surface area (Å²) in [4.78, 5) is 28.2. The Labute approximate surface area is 170 Å². The molecule has 0 bridgehead atoms. The van der Waals surface area contributed by atoms with E-state index in [0.29, 0.717) is 24.0 Å². The maximum Gasteiger partial charge on any atom is 0.241 e. The summed E-state index contributed by atoms with van der Waals surface area (Å²) in [5.74, 6) is 0.780. The topological polar surface area (TPSA) is 117 Å². The molecule has 4 aromatic rings. The van der Waals surface area contributed by atoms with Crippen LogP contribution in [0.1, 0.15) is 0 Å². The molecular weight excluding hydrogens is 388 g/mol. The van der Waals surface area contributed by atoms with Gasteiger partial charge in [0.15, 0.2) is 0 Å². The Morgan fingerprint density at radius 2 is 2.10 bits per heavy atom. The van der Waals surface area contributed by atoms with Gasteiger partial charge in [-0.2, -0.15) is 0 Å². The number of hydrogen-bond donors (Lipinski definition) is 2. The van der Waals surface area contributed by atoms with Gasteiger partial charge in [-0.05, 0) is 18.2 Å². The Morgan fingerprint density at radius 1 is 1.21 bits per heavy atom. The lowest BCUT2D eigenvalue weighted by Gasteiger charge is -2.32. The van der Waals surface area contributed by atoms with Crippen molar-refractivity contribution in [3.8, 4) is 21.8 Å². The van der Waals surface area contributed by atoms with Gasteiger partial charge in [0.25, 0.3) is 0 Å². The molecule has 0 spiro atoms. The van der Waals surface area contributed by atoms with Crippen molar-refractivity contribution in [3.05, 3.63) is 36.8 Å². The van der Waals surface area contributed by atoms with E-state index < -0.39 is 0 Å². The first-order chi connectivity index (χ1) is 14.1. The molecule has 1 aromatic carbocycles. The summed E-state index contributed by atoms with van der Waals surface area (Å²) in [6.07, 6.45) is 5.36. The lowest BCUT2D eigenvalue weighted by molar-refractivity contribution is -0.129. The standard InChI is InChI=1S/C19H18N8OS/c1-26-4-5-27(10-17(26)28)16-9-21-8-15(23-16)13-7-22-14-3-2-11(6-12(13)14)18-24-25-19(20)29-18/h2-3,6-9,22H,4-5,10H2,1H3,(H2,20,25). The summed E-state index contributed by atoms with van der Waals surface area (Å²) < 4.78 is 0. The lowest BCUT2D eigenvalue weighted by atomic mass is 10.1. The molecule has 146 valence electrons. The summed E-state index contributed by atoms with van der Waals surface area (Å²) in [5, 5.41) is 10.2. The smallest absolute Gasteiger partial charge is 0.241 e. The van der Waals surface area contributed by atoms with Crippen molar-refractivity contribution in [2.24, 2.45) is 0 Å². The number of amides is 1. The molecular formula is C19H18N8OS. The molecule has 1 aliphatic rings. The molecule has 0 saturated carbocycles. The summed E-state index contributed by atoms with van der Waals surface area (Å²) in [5.41, 5.74) is 9.34. The number of rotatable bonds is 3. The zero-order valence-electron chi connectivity index (χ0n) is 15.7. The molecule has 1 aliphatic heterocycles. The van der Waals surface area contributed by atoms with Gasteiger partial charge in [0.1, 0.15) is 10.8 Å². The molecule has 5 rings (SSSR count). The Bertz CT molecular complexity index is 1220. The van der Waals surface area contributed by atoms with Crippen LogP contribution >= 0.6 is 11.3 Å². The SMILES string of the molecule is CN1CCN(c2cncc(-c3c[nH]c4ccc(-c5nnc(N)s5)cc34)n2)CC1=O. The highest BCUT2D eigenvalue weighted by Crippen LogP contribution is 2.33. The van der Waals surface area contributed by atoms with E-state index in [-0.39, 0.29) is 5.91 Å². The summed E-state index contributed by atoms with van der Waals surface area (Å²) >= 11 is 1.35. The molecule has 3 N–H and O–H groups in total. The fourth-order valence-corrected chi connectivity index (χ4v) is 4.01.